The van der Waals surface area contributed by atoms with Crippen molar-refractivity contribution in [2.24, 2.45) is 11.7 Å². The Balaban J connectivity index is 3.06. The van der Waals surface area contributed by atoms with Gasteiger partial charge in [-0.25, -0.2) is 0 Å². The van der Waals surface area contributed by atoms with E-state index in [1.807, 2.05) is 6.92 Å². The van der Waals surface area contributed by atoms with Gasteiger partial charge in [-0.05, 0) is 13.8 Å². The monoisotopic (exact) mass is 265 g/mol. The normalized spacial score (nSPS) is 19.3. The molecule has 1 rings (SSSR count). The zero-order chi connectivity index (χ0) is 13.9. The minimum atomic E-state index is -0.446. The van der Waals surface area contributed by atoms with Crippen LogP contribution in [-0.4, -0.2) is 17.4 Å². The number of ketones is 1. The van der Waals surface area contributed by atoms with Gasteiger partial charge in [-0.2, -0.15) is 5.26 Å². The highest BCUT2D eigenvalue weighted by Gasteiger charge is 2.28. The molecule has 0 radical (unpaired) electrons. The number of carbonyl (C=O) groups excluding carboxylic acids is 2. The minimum Gasteiger partial charge on any atom is -0.369 e. The molecule has 0 spiro atoms. The van der Waals surface area contributed by atoms with E-state index in [1.54, 1.807) is 6.92 Å². The average Bonchev–Trinajstić information content (AvgIpc) is 2.25. The van der Waals surface area contributed by atoms with E-state index < -0.39 is 5.91 Å². The molecule has 1 aliphatic rings. The third-order valence-corrected chi connectivity index (χ3v) is 3.71. The van der Waals surface area contributed by atoms with E-state index in [1.165, 1.54) is 18.7 Å². The number of carbonyl (C=O) groups is 2. The molecule has 1 amide bonds. The predicted molar refractivity (Wildman–Crippen MR) is 70.0 cm³/mol. The molecule has 0 aliphatic carbocycles. The number of dihydropyridines is 1. The molecule has 1 aliphatic heterocycles. The summed E-state index contributed by atoms with van der Waals surface area (Å²) in [5.41, 5.74) is 6.88. The molecular weight excluding hydrogens is 250 g/mol. The van der Waals surface area contributed by atoms with E-state index >= 15 is 0 Å². The second kappa shape index (κ2) is 5.74. The van der Waals surface area contributed by atoms with Crippen LogP contribution in [0.5, 0.6) is 0 Å². The lowest BCUT2D eigenvalue weighted by Crippen LogP contribution is -2.27. The zero-order valence-electron chi connectivity index (χ0n) is 10.5. The highest BCUT2D eigenvalue weighted by Crippen LogP contribution is 2.33. The number of nitrogens with zero attached hydrogens (tertiary/aromatic N) is 1. The summed E-state index contributed by atoms with van der Waals surface area (Å²) < 4.78 is 0. The van der Waals surface area contributed by atoms with Crippen LogP contribution >= 0.6 is 11.8 Å². The summed E-state index contributed by atoms with van der Waals surface area (Å²) >= 11 is 1.19. The van der Waals surface area contributed by atoms with Gasteiger partial charge in [0.25, 0.3) is 0 Å². The van der Waals surface area contributed by atoms with Crippen molar-refractivity contribution in [3.05, 3.63) is 21.9 Å². The highest BCUT2D eigenvalue weighted by molar-refractivity contribution is 8.03. The van der Waals surface area contributed by atoms with Gasteiger partial charge in [0, 0.05) is 17.2 Å². The van der Waals surface area contributed by atoms with E-state index in [2.05, 4.69) is 11.4 Å². The Morgan fingerprint density at radius 1 is 1.56 bits per heavy atom. The maximum Gasteiger partial charge on any atom is 0.227 e. The quantitative estimate of drug-likeness (QED) is 0.791. The highest BCUT2D eigenvalue weighted by atomic mass is 32.2. The van der Waals surface area contributed by atoms with Gasteiger partial charge in [-0.3, -0.25) is 9.59 Å². The molecule has 5 nitrogen and oxygen atoms in total. The van der Waals surface area contributed by atoms with Crippen molar-refractivity contribution < 1.29 is 9.59 Å². The molecule has 18 heavy (non-hydrogen) atoms. The Morgan fingerprint density at radius 3 is 2.61 bits per heavy atom. The van der Waals surface area contributed by atoms with Gasteiger partial charge in [0.1, 0.15) is 0 Å². The predicted octanol–water partition coefficient (Wildman–Crippen LogP) is 1.04. The first-order chi connectivity index (χ1) is 8.38. The molecule has 0 saturated carbocycles. The molecule has 1 heterocycles. The smallest absolute Gasteiger partial charge is 0.227 e. The SMILES string of the molecule is CC(=O)C1=C(C)NC(SCC(N)=O)=C(C#N)[C@@H]1C. The number of nitrogens with two attached hydrogens (primary N) is 1. The maximum atomic E-state index is 11.5. The first-order valence-electron chi connectivity index (χ1n) is 5.42. The molecule has 3 N–H and O–H groups in total. The van der Waals surface area contributed by atoms with Crippen molar-refractivity contribution in [1.29, 1.82) is 5.26 Å². The van der Waals surface area contributed by atoms with Gasteiger partial charge in [0.15, 0.2) is 5.78 Å². The number of primary amides is 1. The van der Waals surface area contributed by atoms with Crippen molar-refractivity contribution >= 4 is 23.5 Å². The minimum absolute atomic E-state index is 0.0563. The molecule has 6 heteroatoms. The van der Waals surface area contributed by atoms with E-state index in [0.717, 1.165) is 5.70 Å². The van der Waals surface area contributed by atoms with Crippen molar-refractivity contribution in [3.8, 4) is 6.07 Å². The molecule has 96 valence electrons. The van der Waals surface area contributed by atoms with Crippen LogP contribution in [0, 0.1) is 17.2 Å². The second-order valence-corrected chi connectivity index (χ2v) is 5.04. The summed E-state index contributed by atoms with van der Waals surface area (Å²) in [6.45, 7) is 5.07. The summed E-state index contributed by atoms with van der Waals surface area (Å²) in [5, 5.41) is 12.8. The first kappa shape index (κ1) is 14.3. The van der Waals surface area contributed by atoms with Crippen LogP contribution in [0.15, 0.2) is 21.9 Å². The summed E-state index contributed by atoms with van der Waals surface area (Å²) in [6.07, 6.45) is 0. The number of Topliss-reactive ketones (excluding diaryl/α,β-unsaturated/α-hetero) is 1. The number of nitrogens with one attached hydrogen (secondary N) is 1. The number of rotatable bonds is 4. The van der Waals surface area contributed by atoms with Crippen LogP contribution < -0.4 is 11.1 Å². The molecule has 0 aromatic rings. The summed E-state index contributed by atoms with van der Waals surface area (Å²) in [6, 6.07) is 2.09. The lowest BCUT2D eigenvalue weighted by Gasteiger charge is -2.26. The number of amides is 1. The maximum absolute atomic E-state index is 11.5. The van der Waals surface area contributed by atoms with Gasteiger partial charge in [0.2, 0.25) is 5.91 Å². The zero-order valence-corrected chi connectivity index (χ0v) is 11.4. The molecule has 0 fully saturated rings. The molecule has 0 unspecified atom stereocenters. The number of hydrogen-bond acceptors (Lipinski definition) is 5. The van der Waals surface area contributed by atoms with Crippen molar-refractivity contribution in [1.82, 2.24) is 5.32 Å². The van der Waals surface area contributed by atoms with E-state index in [9.17, 15) is 14.9 Å². The van der Waals surface area contributed by atoms with Gasteiger partial charge < -0.3 is 11.1 Å². The van der Waals surface area contributed by atoms with Gasteiger partial charge in [0.05, 0.1) is 22.4 Å². The summed E-state index contributed by atoms with van der Waals surface area (Å²) in [4.78, 5) is 22.3. The van der Waals surface area contributed by atoms with Crippen molar-refractivity contribution in [2.75, 3.05) is 5.75 Å². The Labute approximate surface area is 110 Å². The fraction of sp³-hybridized carbons (Fsp3) is 0.417. The second-order valence-electron chi connectivity index (χ2n) is 4.05. The van der Waals surface area contributed by atoms with Crippen molar-refractivity contribution in [2.45, 2.75) is 20.8 Å². The van der Waals surface area contributed by atoms with Crippen LogP contribution in [-0.2, 0) is 9.59 Å². The van der Waals surface area contributed by atoms with E-state index in [0.29, 0.717) is 16.2 Å². The Bertz CT molecular complexity index is 500. The Kier molecular flexibility index (Phi) is 4.56. The lowest BCUT2D eigenvalue weighted by atomic mass is 9.88. The first-order valence-corrected chi connectivity index (χ1v) is 6.41. The average molecular weight is 265 g/mol. The number of allylic oxidation sites excluding steroid dienone is 3. The molecule has 0 aromatic carbocycles. The van der Waals surface area contributed by atoms with Crippen LogP contribution in [0.1, 0.15) is 20.8 Å². The van der Waals surface area contributed by atoms with Crippen LogP contribution in [0.4, 0.5) is 0 Å². The largest absolute Gasteiger partial charge is 0.369 e. The van der Waals surface area contributed by atoms with Crippen LogP contribution in [0.25, 0.3) is 0 Å². The van der Waals surface area contributed by atoms with Gasteiger partial charge in [-0.15, -0.1) is 0 Å². The van der Waals surface area contributed by atoms with Gasteiger partial charge >= 0.3 is 0 Å². The molecule has 1 atom stereocenters. The van der Waals surface area contributed by atoms with Crippen molar-refractivity contribution in [3.63, 3.8) is 0 Å². The lowest BCUT2D eigenvalue weighted by molar-refractivity contribution is -0.116. The van der Waals surface area contributed by atoms with E-state index in [-0.39, 0.29) is 17.5 Å². The van der Waals surface area contributed by atoms with Gasteiger partial charge in [-0.1, -0.05) is 18.7 Å². The molecular formula is C12H15N3O2S. The Hall–Kier alpha value is -1.74. The number of hydrogen-bond donors (Lipinski definition) is 2. The Morgan fingerprint density at radius 2 is 2.17 bits per heavy atom. The van der Waals surface area contributed by atoms with Crippen LogP contribution in [0.2, 0.25) is 0 Å². The number of thioether (sulfide) groups is 1. The third kappa shape index (κ3) is 2.93. The molecule has 0 saturated heterocycles. The van der Waals surface area contributed by atoms with E-state index in [4.69, 9.17) is 5.73 Å². The molecule has 0 bridgehead atoms. The topological polar surface area (TPSA) is 96.0 Å². The molecule has 0 aromatic heterocycles. The summed E-state index contributed by atoms with van der Waals surface area (Å²) in [5.74, 6) is -0.662. The fourth-order valence-corrected chi connectivity index (χ4v) is 2.83. The summed E-state index contributed by atoms with van der Waals surface area (Å²) in [7, 11) is 0. The number of nitriles is 1. The fourth-order valence-electron chi connectivity index (χ4n) is 1.94. The standard InChI is InChI=1S/C12H15N3O2S/c1-6-9(4-13)12(18-5-10(14)17)15-7(2)11(6)8(3)16/h6,15H,5H2,1-3H3,(H2,14,17)/t6-/m0/s1. The third-order valence-electron chi connectivity index (χ3n) is 2.67. The van der Waals surface area contributed by atoms with Crippen LogP contribution in [0.3, 0.4) is 0 Å².